The maximum Gasteiger partial charge on any atom is 0.320 e. The fourth-order valence-corrected chi connectivity index (χ4v) is 2.05. The second-order valence-electron chi connectivity index (χ2n) is 5.21. The van der Waals surface area contributed by atoms with Crippen LogP contribution in [0.2, 0.25) is 19.6 Å². The van der Waals surface area contributed by atoms with Gasteiger partial charge in [0.2, 0.25) is 11.8 Å². The van der Waals surface area contributed by atoms with E-state index in [1.165, 1.54) is 7.05 Å². The van der Waals surface area contributed by atoms with E-state index in [2.05, 4.69) is 31.1 Å². The summed E-state index contributed by atoms with van der Waals surface area (Å²) in [5.74, 6) is 0.273. The largest absolute Gasteiger partial charge is 0.452 e. The van der Waals surface area contributed by atoms with Crippen LogP contribution in [0.4, 0.5) is 0 Å². The number of amides is 2. The van der Waals surface area contributed by atoms with Gasteiger partial charge in [0.15, 0.2) is 6.61 Å². The van der Waals surface area contributed by atoms with Gasteiger partial charge in [-0.1, -0.05) is 25.6 Å². The van der Waals surface area contributed by atoms with Gasteiger partial charge in [0.25, 0.3) is 0 Å². The zero-order chi connectivity index (χ0) is 13.9. The average molecular weight is 267 g/mol. The number of hydrogen-bond acceptors (Lipinski definition) is 4. The number of imide groups is 1. The lowest BCUT2D eigenvalue weighted by atomic mass is 10.1. The molecule has 0 radical (unpaired) electrons. The Morgan fingerprint density at radius 1 is 1.44 bits per heavy atom. The van der Waals surface area contributed by atoms with Gasteiger partial charge in [-0.15, -0.1) is 5.54 Å². The lowest BCUT2D eigenvalue weighted by Crippen LogP contribution is -2.29. The van der Waals surface area contributed by atoms with Crippen LogP contribution in [0, 0.1) is 17.4 Å². The molecule has 0 N–H and O–H groups in total. The van der Waals surface area contributed by atoms with Crippen molar-refractivity contribution >= 4 is 25.9 Å². The molecule has 0 aromatic heterocycles. The Balaban J connectivity index is 2.50. The first-order valence-electron chi connectivity index (χ1n) is 5.69. The van der Waals surface area contributed by atoms with Crippen LogP contribution in [0.25, 0.3) is 0 Å². The average Bonchev–Trinajstić information content (AvgIpc) is 2.51. The third-order valence-electron chi connectivity index (χ3n) is 2.42. The summed E-state index contributed by atoms with van der Waals surface area (Å²) in [5.41, 5.74) is 3.05. The monoisotopic (exact) mass is 267 g/mol. The van der Waals surface area contributed by atoms with Gasteiger partial charge in [-0.25, -0.2) is 0 Å². The molecule has 1 aliphatic rings. The number of nitrogens with zero attached hydrogens (tertiary/aromatic N) is 1. The van der Waals surface area contributed by atoms with Crippen molar-refractivity contribution in [2.75, 3.05) is 13.7 Å². The smallest absolute Gasteiger partial charge is 0.320 e. The molecule has 1 aliphatic heterocycles. The van der Waals surface area contributed by atoms with E-state index in [9.17, 15) is 14.4 Å². The molecule has 1 rings (SSSR count). The van der Waals surface area contributed by atoms with Gasteiger partial charge in [0, 0.05) is 13.5 Å². The standard InChI is InChI=1S/C12H17NO4Si/c1-13-10(14)8-9(11(13)15)12(16)17-6-5-7-18(2,3)4/h9H,6,8H2,1-4H3. The topological polar surface area (TPSA) is 63.7 Å². The van der Waals surface area contributed by atoms with Crippen LogP contribution in [-0.4, -0.2) is 44.4 Å². The number of likely N-dealkylation sites (tertiary alicyclic amines) is 1. The van der Waals surface area contributed by atoms with Gasteiger partial charge < -0.3 is 4.74 Å². The lowest BCUT2D eigenvalue weighted by Gasteiger charge is -2.07. The first kappa shape index (κ1) is 14.4. The third-order valence-corrected chi connectivity index (χ3v) is 3.34. The number of rotatable bonds is 2. The molecule has 1 heterocycles. The van der Waals surface area contributed by atoms with Crippen LogP contribution < -0.4 is 0 Å². The molecule has 0 spiro atoms. The highest BCUT2D eigenvalue weighted by molar-refractivity contribution is 6.83. The number of hydrogen-bond donors (Lipinski definition) is 0. The highest BCUT2D eigenvalue weighted by Crippen LogP contribution is 2.19. The molecule has 1 saturated heterocycles. The fraction of sp³-hybridized carbons (Fsp3) is 0.583. The number of ether oxygens (including phenoxy) is 1. The van der Waals surface area contributed by atoms with Crippen molar-refractivity contribution in [3.8, 4) is 11.5 Å². The predicted octanol–water partition coefficient (Wildman–Crippen LogP) is 0.415. The van der Waals surface area contributed by atoms with E-state index < -0.39 is 25.9 Å². The predicted molar refractivity (Wildman–Crippen MR) is 68.0 cm³/mol. The normalized spacial score (nSPS) is 19.6. The van der Waals surface area contributed by atoms with Crippen molar-refractivity contribution < 1.29 is 19.1 Å². The van der Waals surface area contributed by atoms with Crippen molar-refractivity contribution in [2.45, 2.75) is 26.1 Å². The van der Waals surface area contributed by atoms with Gasteiger partial charge in [-0.2, -0.15) is 0 Å². The minimum Gasteiger partial charge on any atom is -0.452 e. The zero-order valence-electron chi connectivity index (χ0n) is 11.1. The maximum atomic E-state index is 11.6. The molecule has 0 saturated carbocycles. The molecular formula is C12H17NO4Si. The summed E-state index contributed by atoms with van der Waals surface area (Å²) >= 11 is 0. The van der Waals surface area contributed by atoms with E-state index in [1.54, 1.807) is 0 Å². The van der Waals surface area contributed by atoms with Crippen LogP contribution >= 0.6 is 0 Å². The minimum absolute atomic E-state index is 0.0230. The Kier molecular flexibility index (Phi) is 4.30. The SMILES string of the molecule is CN1C(=O)CC(C(=O)OCC#C[Si](C)(C)C)C1=O. The van der Waals surface area contributed by atoms with Gasteiger partial charge >= 0.3 is 5.97 Å². The molecule has 0 bridgehead atoms. The quantitative estimate of drug-likeness (QED) is 0.239. The van der Waals surface area contributed by atoms with Gasteiger partial charge in [0.05, 0.1) is 0 Å². The summed E-state index contributed by atoms with van der Waals surface area (Å²) in [6.45, 7) is 6.21. The number of carbonyl (C=O) groups excluding carboxylic acids is 3. The van der Waals surface area contributed by atoms with Crippen LogP contribution in [0.3, 0.4) is 0 Å². The number of esters is 1. The van der Waals surface area contributed by atoms with E-state index in [-0.39, 0.29) is 18.9 Å². The highest BCUT2D eigenvalue weighted by atomic mass is 28.3. The zero-order valence-corrected chi connectivity index (χ0v) is 12.1. The van der Waals surface area contributed by atoms with Gasteiger partial charge in [-0.05, 0) is 0 Å². The fourth-order valence-electron chi connectivity index (χ4n) is 1.45. The molecule has 6 heteroatoms. The Morgan fingerprint density at radius 2 is 2.06 bits per heavy atom. The summed E-state index contributed by atoms with van der Waals surface area (Å²) in [6.07, 6.45) is -0.102. The molecule has 0 aromatic rings. The van der Waals surface area contributed by atoms with E-state index in [0.717, 1.165) is 4.90 Å². The molecular weight excluding hydrogens is 250 g/mol. The van der Waals surface area contributed by atoms with Crippen molar-refractivity contribution in [3.63, 3.8) is 0 Å². The molecule has 2 amide bonds. The highest BCUT2D eigenvalue weighted by Gasteiger charge is 2.41. The molecule has 1 unspecified atom stereocenters. The van der Waals surface area contributed by atoms with Gasteiger partial charge in [-0.3, -0.25) is 19.3 Å². The molecule has 18 heavy (non-hydrogen) atoms. The third kappa shape index (κ3) is 3.70. The van der Waals surface area contributed by atoms with Crippen molar-refractivity contribution in [2.24, 2.45) is 5.92 Å². The molecule has 0 aromatic carbocycles. The lowest BCUT2D eigenvalue weighted by molar-refractivity contribution is -0.151. The molecule has 5 nitrogen and oxygen atoms in total. The minimum atomic E-state index is -1.48. The Bertz CT molecular complexity index is 441. The van der Waals surface area contributed by atoms with Crippen molar-refractivity contribution in [3.05, 3.63) is 0 Å². The van der Waals surface area contributed by atoms with E-state index in [1.807, 2.05) is 0 Å². The first-order chi connectivity index (χ1) is 8.22. The van der Waals surface area contributed by atoms with Crippen LogP contribution in [0.5, 0.6) is 0 Å². The molecule has 1 fully saturated rings. The first-order valence-corrected chi connectivity index (χ1v) is 9.19. The Labute approximate surface area is 107 Å². The molecule has 1 atom stereocenters. The Morgan fingerprint density at radius 3 is 2.50 bits per heavy atom. The maximum absolute atomic E-state index is 11.6. The number of carbonyl (C=O) groups is 3. The second-order valence-corrected chi connectivity index (χ2v) is 9.96. The van der Waals surface area contributed by atoms with Crippen LogP contribution in [-0.2, 0) is 19.1 Å². The van der Waals surface area contributed by atoms with E-state index >= 15 is 0 Å². The Hall–Kier alpha value is -1.61. The summed E-state index contributed by atoms with van der Waals surface area (Å²) in [4.78, 5) is 35.3. The van der Waals surface area contributed by atoms with Crippen molar-refractivity contribution in [1.29, 1.82) is 0 Å². The van der Waals surface area contributed by atoms with Crippen LogP contribution in [0.15, 0.2) is 0 Å². The van der Waals surface area contributed by atoms with Crippen molar-refractivity contribution in [1.82, 2.24) is 4.90 Å². The summed E-state index contributed by atoms with van der Waals surface area (Å²) in [6, 6.07) is 0. The second kappa shape index (κ2) is 5.36. The molecule has 0 aliphatic carbocycles. The summed E-state index contributed by atoms with van der Waals surface area (Å²) in [5, 5.41) is 0. The van der Waals surface area contributed by atoms with Crippen LogP contribution in [0.1, 0.15) is 6.42 Å². The van der Waals surface area contributed by atoms with E-state index in [4.69, 9.17) is 4.74 Å². The van der Waals surface area contributed by atoms with E-state index in [0.29, 0.717) is 0 Å². The summed E-state index contributed by atoms with van der Waals surface area (Å²) < 4.78 is 4.90. The molecule has 98 valence electrons. The van der Waals surface area contributed by atoms with Gasteiger partial charge in [0.1, 0.15) is 14.0 Å². The summed E-state index contributed by atoms with van der Waals surface area (Å²) in [7, 11) is -0.114.